The molecule has 6 nitrogen and oxygen atoms in total. The molecular formula is C27H57O6Y. The van der Waals surface area contributed by atoms with Crippen molar-refractivity contribution in [3.8, 4) is 0 Å². The zero-order valence-electron chi connectivity index (χ0n) is 23.0. The van der Waals surface area contributed by atoms with Crippen LogP contribution in [0.1, 0.15) is 117 Å². The fourth-order valence-corrected chi connectivity index (χ4v) is 6.54. The van der Waals surface area contributed by atoms with Crippen LogP contribution in [0.25, 0.3) is 0 Å². The summed E-state index contributed by atoms with van der Waals surface area (Å²) in [7, 11) is 0. The number of rotatable bonds is 30. The first kappa shape index (κ1) is 34.9. The second-order valence-corrected chi connectivity index (χ2v) is 12.9. The third-order valence-corrected chi connectivity index (χ3v) is 9.23. The molecule has 0 unspecified atom stereocenters. The van der Waals surface area contributed by atoms with Crippen LogP contribution < -0.4 is 0 Å². The summed E-state index contributed by atoms with van der Waals surface area (Å²) in [5, 5.41) is 0. The molecule has 0 saturated heterocycles. The quantitative estimate of drug-likeness (QED) is 0.0847. The molecule has 0 aromatic carbocycles. The standard InChI is InChI=1S/3C9H19O2.Y/c3*1-2-3-8-11-9-6-4-5-7-10;/h3*2-9H2,1H3;/q3*-1;+3. The van der Waals surface area contributed by atoms with Gasteiger partial charge >= 0.3 is 226 Å². The number of hydrogen-bond donors (Lipinski definition) is 0. The molecule has 0 N–H and O–H groups in total. The van der Waals surface area contributed by atoms with Crippen molar-refractivity contribution in [1.29, 1.82) is 0 Å². The minimum atomic E-state index is -2.82. The summed E-state index contributed by atoms with van der Waals surface area (Å²) >= 11 is -2.82. The molecule has 0 radical (unpaired) electrons. The van der Waals surface area contributed by atoms with Gasteiger partial charge in [-0.25, -0.2) is 0 Å². The fraction of sp³-hybridized carbons (Fsp3) is 1.00. The second-order valence-electron chi connectivity index (χ2n) is 8.98. The summed E-state index contributed by atoms with van der Waals surface area (Å²) in [6.45, 7) is 14.1. The first-order valence-electron chi connectivity index (χ1n) is 14.4. The monoisotopic (exact) mass is 566 g/mol. The first-order chi connectivity index (χ1) is 16.8. The number of hydrogen-bond acceptors (Lipinski definition) is 6. The molecule has 34 heavy (non-hydrogen) atoms. The van der Waals surface area contributed by atoms with Crippen molar-refractivity contribution in [3.05, 3.63) is 0 Å². The van der Waals surface area contributed by atoms with Crippen molar-refractivity contribution in [3.63, 3.8) is 0 Å². The Morgan fingerprint density at radius 2 is 0.588 bits per heavy atom. The van der Waals surface area contributed by atoms with Gasteiger partial charge in [-0.05, 0) is 0 Å². The van der Waals surface area contributed by atoms with Gasteiger partial charge in [-0.2, -0.15) is 0 Å². The van der Waals surface area contributed by atoms with E-state index >= 15 is 0 Å². The van der Waals surface area contributed by atoms with Crippen LogP contribution in [0.2, 0.25) is 0 Å². The van der Waals surface area contributed by atoms with Crippen LogP contribution in [0.5, 0.6) is 0 Å². The van der Waals surface area contributed by atoms with Crippen LogP contribution >= 0.6 is 0 Å². The van der Waals surface area contributed by atoms with E-state index in [9.17, 15) is 0 Å². The predicted octanol–water partition coefficient (Wildman–Crippen LogP) is 7.36. The molecule has 0 amide bonds. The Morgan fingerprint density at radius 3 is 0.882 bits per heavy atom. The summed E-state index contributed by atoms with van der Waals surface area (Å²) < 4.78 is 35.2. The topological polar surface area (TPSA) is 55.4 Å². The van der Waals surface area contributed by atoms with Gasteiger partial charge in [-0.1, -0.05) is 0 Å². The van der Waals surface area contributed by atoms with Crippen LogP contribution in [-0.4, -0.2) is 59.5 Å². The summed E-state index contributed by atoms with van der Waals surface area (Å²) in [6.07, 6.45) is 17.0. The molecule has 0 rings (SSSR count). The van der Waals surface area contributed by atoms with Crippen molar-refractivity contribution in [1.82, 2.24) is 0 Å². The Labute approximate surface area is 224 Å². The van der Waals surface area contributed by atoms with E-state index in [2.05, 4.69) is 20.8 Å². The third-order valence-electron chi connectivity index (χ3n) is 5.49. The van der Waals surface area contributed by atoms with E-state index < -0.39 is 29.0 Å². The average molecular weight is 567 g/mol. The summed E-state index contributed by atoms with van der Waals surface area (Å²) in [5.74, 6) is 0. The van der Waals surface area contributed by atoms with Gasteiger partial charge in [0.15, 0.2) is 0 Å². The van der Waals surface area contributed by atoms with Gasteiger partial charge < -0.3 is 0 Å². The Morgan fingerprint density at radius 1 is 0.324 bits per heavy atom. The Balaban J connectivity index is 3.85. The minimum absolute atomic E-state index is 0.756. The van der Waals surface area contributed by atoms with E-state index in [1.165, 1.54) is 19.3 Å². The first-order valence-corrected chi connectivity index (χ1v) is 17.9. The van der Waals surface area contributed by atoms with Gasteiger partial charge in [0.05, 0.1) is 0 Å². The van der Waals surface area contributed by atoms with Crippen LogP contribution in [-0.2, 0) is 49.3 Å². The van der Waals surface area contributed by atoms with E-state index in [0.29, 0.717) is 0 Å². The van der Waals surface area contributed by atoms with Gasteiger partial charge in [0.25, 0.3) is 0 Å². The van der Waals surface area contributed by atoms with E-state index in [4.69, 9.17) is 20.4 Å². The van der Waals surface area contributed by atoms with Crippen molar-refractivity contribution < 1.29 is 49.3 Å². The van der Waals surface area contributed by atoms with Crippen LogP contribution in [0, 0.1) is 0 Å². The average Bonchev–Trinajstić information content (AvgIpc) is 2.85. The normalized spacial score (nSPS) is 11.4. The Bertz CT molecular complexity index is 310. The second kappa shape index (κ2) is 31.9. The van der Waals surface area contributed by atoms with Crippen molar-refractivity contribution in [2.75, 3.05) is 59.5 Å². The van der Waals surface area contributed by atoms with E-state index in [0.717, 1.165) is 137 Å². The summed E-state index contributed by atoms with van der Waals surface area (Å²) in [5.41, 5.74) is 0. The van der Waals surface area contributed by atoms with Gasteiger partial charge in [0, 0.05) is 0 Å². The summed E-state index contributed by atoms with van der Waals surface area (Å²) in [4.78, 5) is 0. The molecule has 0 fully saturated rings. The molecular weight excluding hydrogens is 509 g/mol. The van der Waals surface area contributed by atoms with Gasteiger partial charge in [-0.3, -0.25) is 0 Å². The maximum absolute atomic E-state index is 6.11. The molecule has 204 valence electrons. The van der Waals surface area contributed by atoms with Gasteiger partial charge in [0.2, 0.25) is 0 Å². The fourth-order valence-electron chi connectivity index (χ4n) is 3.18. The molecule has 0 aliphatic heterocycles. The molecule has 0 bridgehead atoms. The molecule has 0 aliphatic rings. The van der Waals surface area contributed by atoms with Crippen molar-refractivity contribution in [2.45, 2.75) is 117 Å². The zero-order valence-corrected chi connectivity index (χ0v) is 25.8. The van der Waals surface area contributed by atoms with Crippen molar-refractivity contribution in [2.24, 2.45) is 0 Å². The molecule has 0 heterocycles. The summed E-state index contributed by atoms with van der Waals surface area (Å²) in [6, 6.07) is 0. The molecule has 0 aliphatic carbocycles. The van der Waals surface area contributed by atoms with Crippen molar-refractivity contribution >= 4 is 0 Å². The van der Waals surface area contributed by atoms with Gasteiger partial charge in [0.1, 0.15) is 0 Å². The van der Waals surface area contributed by atoms with Crippen LogP contribution in [0.3, 0.4) is 0 Å². The maximum atomic E-state index is 6.11. The molecule has 7 heteroatoms. The Hall–Kier alpha value is 0.864. The van der Waals surface area contributed by atoms with E-state index in [1.807, 2.05) is 0 Å². The van der Waals surface area contributed by atoms with Crippen LogP contribution in [0.4, 0.5) is 0 Å². The molecule has 0 aromatic heterocycles. The van der Waals surface area contributed by atoms with E-state index in [1.54, 1.807) is 0 Å². The van der Waals surface area contributed by atoms with Gasteiger partial charge in [-0.15, -0.1) is 0 Å². The SMILES string of the molecule is CCCCOCCCCC[O][Y]([O]CCCCCOCCCC)[O]CCCCCOCCCC. The zero-order chi connectivity index (χ0) is 24.8. The van der Waals surface area contributed by atoms with Crippen LogP contribution in [0.15, 0.2) is 0 Å². The molecule has 0 atom stereocenters. The molecule has 0 aromatic rings. The number of unbranched alkanes of at least 4 members (excludes halogenated alkanes) is 9. The van der Waals surface area contributed by atoms with E-state index in [-0.39, 0.29) is 0 Å². The molecule has 0 saturated carbocycles. The molecule has 0 spiro atoms. The predicted molar refractivity (Wildman–Crippen MR) is 137 cm³/mol. The number of ether oxygens (including phenoxy) is 3. The third kappa shape index (κ3) is 29.1. The Kier molecular flexibility index (Phi) is 32.7.